The zero-order valence-electron chi connectivity index (χ0n) is 35.9. The molecule has 5 fully saturated rings. The number of aliphatic hydroxyl groups is 1. The standard InChI is InChI=1S/C24H27N3O3S.C16H12F3NOS.C8H12N2O2/c1-16-6-7-21-19(12-16)27(18-4-2-3-5-20(18)31-21)15-17(28)14-26-10-8-24(9-11-26)13-22(29)25-23(24)30;17-16(18,19)10-5-6-15-13(7-10)20(8-11-9-21-11)12-3-1-2-4-14(12)22-15;11-6-5-8(7(12)10-6)1-3-9-4-2-8/h2-7,12,17,28H,8-11,13-15H2,1H3,(H,25,29,30);1-7,11H,8-9H2;9H,1-5H2,(H,10,11,12). The predicted molar refractivity (Wildman–Crippen MR) is 242 cm³/mol. The fraction of sp³-hybridized carbons (Fsp3) is 0.417. The third kappa shape index (κ3) is 9.81. The minimum Gasteiger partial charge on any atom is -0.390 e. The van der Waals surface area contributed by atoms with Gasteiger partial charge in [-0.3, -0.25) is 29.8 Å². The Labute approximate surface area is 384 Å². The second-order valence-corrected chi connectivity index (χ2v) is 20.0. The zero-order valence-corrected chi connectivity index (χ0v) is 37.6. The summed E-state index contributed by atoms with van der Waals surface area (Å²) >= 11 is 3.27. The molecule has 5 saturated heterocycles. The number of aliphatic hydroxyl groups excluding tert-OH is 1. The normalized spacial score (nSPS) is 21.8. The second kappa shape index (κ2) is 18.4. The number of benzene rings is 4. The van der Waals surface area contributed by atoms with Crippen molar-refractivity contribution in [2.75, 3.05) is 62.2 Å². The van der Waals surface area contributed by atoms with E-state index < -0.39 is 23.3 Å². The van der Waals surface area contributed by atoms with Gasteiger partial charge in [-0.1, -0.05) is 53.9 Å². The maximum absolute atomic E-state index is 13.0. The second-order valence-electron chi connectivity index (χ2n) is 17.8. The lowest BCUT2D eigenvalue weighted by molar-refractivity contribution is -0.137. The highest BCUT2D eigenvalue weighted by atomic mass is 32.2. The van der Waals surface area contributed by atoms with Crippen LogP contribution in [0.25, 0.3) is 0 Å². The number of hydrogen-bond donors (Lipinski definition) is 4. The molecule has 7 aliphatic rings. The maximum atomic E-state index is 13.0. The average Bonchev–Trinajstić information content (AvgIpc) is 4.01. The van der Waals surface area contributed by atoms with Crippen LogP contribution < -0.4 is 25.8 Å². The van der Waals surface area contributed by atoms with Crippen LogP contribution in [0.4, 0.5) is 35.9 Å². The zero-order chi connectivity index (χ0) is 45.5. The molecule has 7 heterocycles. The van der Waals surface area contributed by atoms with E-state index in [1.54, 1.807) is 17.8 Å². The highest BCUT2D eigenvalue weighted by molar-refractivity contribution is 8.00. The van der Waals surface area contributed by atoms with Gasteiger partial charge in [0.15, 0.2) is 0 Å². The van der Waals surface area contributed by atoms with E-state index in [4.69, 9.17) is 4.74 Å². The first-order chi connectivity index (χ1) is 31.2. The van der Waals surface area contributed by atoms with Gasteiger partial charge >= 0.3 is 6.18 Å². The third-order valence-electron chi connectivity index (χ3n) is 13.2. The Kier molecular flexibility index (Phi) is 12.8. The topological polar surface area (TPSA) is 147 Å². The predicted octanol–water partition coefficient (Wildman–Crippen LogP) is 7.20. The molecular formula is C48H51F3N6O6S2. The molecule has 342 valence electrons. The number of epoxide rings is 1. The molecule has 17 heteroatoms. The number of β-amino-alcohol motifs (C(OH)–C–C–N with tert-alkyl or cyclic N) is 1. The number of halogens is 3. The summed E-state index contributed by atoms with van der Waals surface area (Å²) in [6.45, 7) is 7.54. The number of ether oxygens (including phenoxy) is 1. The molecule has 4 amide bonds. The number of fused-ring (bicyclic) bond motifs is 4. The van der Waals surface area contributed by atoms with Crippen LogP contribution in [0.5, 0.6) is 0 Å². The fourth-order valence-corrected chi connectivity index (χ4v) is 11.7. The van der Waals surface area contributed by atoms with Crippen molar-refractivity contribution in [1.29, 1.82) is 0 Å². The van der Waals surface area contributed by atoms with Gasteiger partial charge in [-0.15, -0.1) is 0 Å². The van der Waals surface area contributed by atoms with Gasteiger partial charge in [0.1, 0.15) is 0 Å². The van der Waals surface area contributed by atoms with Gasteiger partial charge in [0.2, 0.25) is 23.6 Å². The molecule has 2 atom stereocenters. The van der Waals surface area contributed by atoms with Crippen molar-refractivity contribution in [3.8, 4) is 0 Å². The van der Waals surface area contributed by atoms with E-state index in [1.165, 1.54) is 33.2 Å². The number of hydrogen-bond acceptors (Lipinski definition) is 12. The Bertz CT molecular complexity index is 2490. The van der Waals surface area contributed by atoms with Gasteiger partial charge < -0.3 is 29.9 Å². The summed E-state index contributed by atoms with van der Waals surface area (Å²) in [5.41, 5.74) is 3.51. The Morgan fingerprint density at radius 1 is 0.708 bits per heavy atom. The van der Waals surface area contributed by atoms with Gasteiger partial charge in [-0.05, 0) is 119 Å². The van der Waals surface area contributed by atoms with E-state index >= 15 is 0 Å². The highest BCUT2D eigenvalue weighted by Crippen LogP contribution is 2.51. The van der Waals surface area contributed by atoms with Crippen molar-refractivity contribution < 1.29 is 42.2 Å². The number of carbonyl (C=O) groups is 4. The summed E-state index contributed by atoms with van der Waals surface area (Å²) in [4.78, 5) is 56.9. The number of amides is 4. The lowest BCUT2D eigenvalue weighted by Gasteiger charge is -2.39. The molecule has 65 heavy (non-hydrogen) atoms. The summed E-state index contributed by atoms with van der Waals surface area (Å²) in [6, 6.07) is 26.5. The first-order valence-corrected chi connectivity index (χ1v) is 23.6. The number of aryl methyl sites for hydroxylation is 1. The van der Waals surface area contributed by atoms with E-state index in [0.29, 0.717) is 57.6 Å². The van der Waals surface area contributed by atoms with Gasteiger partial charge in [0.25, 0.3) is 0 Å². The largest absolute Gasteiger partial charge is 0.416 e. The lowest BCUT2D eigenvalue weighted by Crippen LogP contribution is -2.47. The quantitative estimate of drug-likeness (QED) is 0.115. The molecule has 0 saturated carbocycles. The molecular weight excluding hydrogens is 878 g/mol. The Morgan fingerprint density at radius 2 is 1.23 bits per heavy atom. The first kappa shape index (κ1) is 45.3. The molecule has 4 aromatic rings. The summed E-state index contributed by atoms with van der Waals surface area (Å²) in [7, 11) is 0. The smallest absolute Gasteiger partial charge is 0.390 e. The maximum Gasteiger partial charge on any atom is 0.416 e. The lowest BCUT2D eigenvalue weighted by atomic mass is 9.77. The molecule has 11 rings (SSSR count). The van der Waals surface area contributed by atoms with E-state index in [9.17, 15) is 37.5 Å². The summed E-state index contributed by atoms with van der Waals surface area (Å²) < 4.78 is 44.3. The van der Waals surface area contributed by atoms with Crippen molar-refractivity contribution in [3.05, 3.63) is 96.1 Å². The van der Waals surface area contributed by atoms with E-state index in [2.05, 4.69) is 63.0 Å². The Balaban J connectivity index is 0.000000135. The fourth-order valence-electron chi connectivity index (χ4n) is 9.54. The first-order valence-electron chi connectivity index (χ1n) is 22.0. The van der Waals surface area contributed by atoms with Gasteiger partial charge in [-0.25, -0.2) is 0 Å². The highest BCUT2D eigenvalue weighted by Gasteiger charge is 2.49. The van der Waals surface area contributed by atoms with Crippen molar-refractivity contribution in [1.82, 2.24) is 20.9 Å². The number of imide groups is 2. The van der Waals surface area contributed by atoms with Crippen molar-refractivity contribution in [2.24, 2.45) is 10.8 Å². The number of likely N-dealkylation sites (tertiary alicyclic amines) is 1. The van der Waals surface area contributed by atoms with Crippen molar-refractivity contribution in [2.45, 2.75) is 83.4 Å². The SMILES string of the molecule is Cc1ccc2c(c1)N(CC(O)CN1CCC3(CC1)CC(=O)NC3=O)c1ccccc1S2.FC(F)(F)c1ccc2c(c1)N(CC1CO1)c1ccccc1S2.O=C1CC2(CCNCC2)C(=O)N1. The van der Waals surface area contributed by atoms with Crippen molar-refractivity contribution >= 4 is 69.9 Å². The molecule has 0 bridgehead atoms. The Hall–Kier alpha value is -4.91. The molecule has 0 radical (unpaired) electrons. The van der Waals surface area contributed by atoms with E-state index in [-0.39, 0.29) is 35.1 Å². The molecule has 4 N–H and O–H groups in total. The number of para-hydroxylation sites is 2. The molecule has 4 aromatic carbocycles. The van der Waals surface area contributed by atoms with Gasteiger partial charge in [0, 0.05) is 39.0 Å². The average molecular weight is 929 g/mol. The van der Waals surface area contributed by atoms with E-state index in [1.807, 2.05) is 41.3 Å². The van der Waals surface area contributed by atoms with Crippen LogP contribution >= 0.6 is 23.5 Å². The summed E-state index contributed by atoms with van der Waals surface area (Å²) in [5, 5.41) is 19.0. The van der Waals surface area contributed by atoms with Crippen LogP contribution in [0.1, 0.15) is 49.7 Å². The molecule has 0 aliphatic carbocycles. The number of rotatable bonds is 6. The summed E-state index contributed by atoms with van der Waals surface area (Å²) in [6.07, 6.45) is -1.14. The Morgan fingerprint density at radius 3 is 1.78 bits per heavy atom. The molecule has 7 aliphatic heterocycles. The number of anilines is 4. The van der Waals surface area contributed by atoms with Gasteiger partial charge in [0.05, 0.1) is 71.0 Å². The van der Waals surface area contributed by atoms with Crippen LogP contribution in [0.15, 0.2) is 105 Å². The number of nitrogens with zero attached hydrogens (tertiary/aromatic N) is 3. The number of piperidine rings is 2. The van der Waals surface area contributed by atoms with Crippen LogP contribution in [0.2, 0.25) is 0 Å². The van der Waals surface area contributed by atoms with Crippen molar-refractivity contribution in [3.63, 3.8) is 0 Å². The molecule has 2 unspecified atom stereocenters. The van der Waals surface area contributed by atoms with Gasteiger partial charge in [-0.2, -0.15) is 13.2 Å². The van der Waals surface area contributed by atoms with Crippen LogP contribution in [-0.4, -0.2) is 98.3 Å². The number of nitrogens with one attached hydrogen (secondary N) is 3. The molecule has 12 nitrogen and oxygen atoms in total. The number of carbonyl (C=O) groups excluding carboxylic acids is 4. The summed E-state index contributed by atoms with van der Waals surface area (Å²) in [5.74, 6) is -0.447. The minimum absolute atomic E-state index is 0.0611. The molecule has 2 spiro atoms. The van der Waals surface area contributed by atoms with Crippen LogP contribution in [0, 0.1) is 17.8 Å². The van der Waals surface area contributed by atoms with Crippen LogP contribution in [0.3, 0.4) is 0 Å². The van der Waals surface area contributed by atoms with E-state index in [0.717, 1.165) is 71.9 Å². The molecule has 0 aromatic heterocycles. The third-order valence-corrected chi connectivity index (χ3v) is 15.5. The minimum atomic E-state index is -4.33. The monoisotopic (exact) mass is 928 g/mol. The van der Waals surface area contributed by atoms with Crippen LogP contribution in [-0.2, 0) is 30.1 Å². The number of alkyl halides is 3.